The molecule has 1 N–H and O–H groups in total. The summed E-state index contributed by atoms with van der Waals surface area (Å²) in [6.45, 7) is 0.399. The van der Waals surface area contributed by atoms with Gasteiger partial charge in [-0.3, -0.25) is 0 Å². The number of aliphatic hydroxyl groups excluding tert-OH is 1. The van der Waals surface area contributed by atoms with Gasteiger partial charge < -0.3 is 14.6 Å². The van der Waals surface area contributed by atoms with Gasteiger partial charge in [0.05, 0.1) is 6.61 Å². The second kappa shape index (κ2) is 5.33. The van der Waals surface area contributed by atoms with Crippen molar-refractivity contribution < 1.29 is 14.6 Å². The minimum absolute atomic E-state index is 0.0805. The molecule has 2 aromatic rings. The molecule has 0 saturated heterocycles. The Balaban J connectivity index is 1.82. The van der Waals surface area contributed by atoms with Gasteiger partial charge in [0.2, 0.25) is 6.79 Å². The number of ether oxygens (including phenoxy) is 2. The number of fused-ring (bicyclic) bond motifs is 1. The molecule has 1 aliphatic rings. The second-order valence-electron chi connectivity index (χ2n) is 4.68. The summed E-state index contributed by atoms with van der Waals surface area (Å²) < 4.78 is 10.7. The van der Waals surface area contributed by atoms with Gasteiger partial charge >= 0.3 is 0 Å². The molecule has 1 unspecified atom stereocenters. The molecule has 1 aliphatic heterocycles. The van der Waals surface area contributed by atoms with E-state index in [4.69, 9.17) is 9.47 Å². The van der Waals surface area contributed by atoms with Crippen molar-refractivity contribution in [1.82, 2.24) is 0 Å². The Hall–Kier alpha value is -2.00. The number of aliphatic hydroxyl groups is 1. The van der Waals surface area contributed by atoms with Gasteiger partial charge in [0.1, 0.15) is 0 Å². The van der Waals surface area contributed by atoms with E-state index in [0.29, 0.717) is 0 Å². The lowest BCUT2D eigenvalue weighted by Crippen LogP contribution is -2.07. The van der Waals surface area contributed by atoms with Crippen molar-refractivity contribution in [2.75, 3.05) is 13.4 Å². The van der Waals surface area contributed by atoms with Crippen LogP contribution >= 0.6 is 0 Å². The van der Waals surface area contributed by atoms with E-state index < -0.39 is 0 Å². The Morgan fingerprint density at radius 1 is 1.00 bits per heavy atom. The quantitative estimate of drug-likeness (QED) is 0.914. The highest BCUT2D eigenvalue weighted by Gasteiger charge is 2.17. The minimum Gasteiger partial charge on any atom is -0.454 e. The van der Waals surface area contributed by atoms with Crippen LogP contribution in [0.3, 0.4) is 0 Å². The summed E-state index contributed by atoms with van der Waals surface area (Å²) in [6.07, 6.45) is 0.816. The summed E-state index contributed by atoms with van der Waals surface area (Å²) in [4.78, 5) is 0. The highest BCUT2D eigenvalue weighted by Crippen LogP contribution is 2.35. The van der Waals surface area contributed by atoms with Crippen molar-refractivity contribution in [1.29, 1.82) is 0 Å². The Labute approximate surface area is 112 Å². The van der Waals surface area contributed by atoms with Crippen LogP contribution in [-0.4, -0.2) is 18.5 Å². The zero-order chi connectivity index (χ0) is 13.1. The largest absolute Gasteiger partial charge is 0.454 e. The summed E-state index contributed by atoms with van der Waals surface area (Å²) in [5, 5.41) is 9.62. The summed E-state index contributed by atoms with van der Waals surface area (Å²) >= 11 is 0. The van der Waals surface area contributed by atoms with E-state index in [9.17, 15) is 5.11 Å². The molecule has 0 radical (unpaired) electrons. The van der Waals surface area contributed by atoms with Crippen LogP contribution in [0.4, 0.5) is 0 Å². The van der Waals surface area contributed by atoms with Crippen LogP contribution < -0.4 is 9.47 Å². The highest BCUT2D eigenvalue weighted by molar-refractivity contribution is 5.45. The smallest absolute Gasteiger partial charge is 0.231 e. The average Bonchev–Trinajstić information content (AvgIpc) is 2.93. The van der Waals surface area contributed by atoms with Crippen molar-refractivity contribution in [3.8, 4) is 11.5 Å². The first-order valence-electron chi connectivity index (χ1n) is 6.41. The lowest BCUT2D eigenvalue weighted by molar-refractivity contribution is 0.174. The van der Waals surface area contributed by atoms with E-state index in [1.807, 2.05) is 36.4 Å². The molecule has 1 atom stereocenters. The molecule has 1 heterocycles. The van der Waals surface area contributed by atoms with Gasteiger partial charge in [0.25, 0.3) is 0 Å². The fourth-order valence-corrected chi connectivity index (χ4v) is 2.35. The molecule has 0 aliphatic carbocycles. The summed E-state index contributed by atoms with van der Waals surface area (Å²) in [5.74, 6) is 1.63. The van der Waals surface area contributed by atoms with Crippen LogP contribution in [0.1, 0.15) is 17.0 Å². The predicted octanol–water partition coefficient (Wildman–Crippen LogP) is 2.73. The monoisotopic (exact) mass is 256 g/mol. The van der Waals surface area contributed by atoms with Crippen molar-refractivity contribution in [2.45, 2.75) is 12.3 Å². The van der Waals surface area contributed by atoms with Gasteiger partial charge in [0.15, 0.2) is 11.5 Å². The van der Waals surface area contributed by atoms with E-state index in [1.54, 1.807) is 0 Å². The van der Waals surface area contributed by atoms with E-state index in [2.05, 4.69) is 12.1 Å². The van der Waals surface area contributed by atoms with E-state index in [0.717, 1.165) is 23.5 Å². The predicted molar refractivity (Wildman–Crippen MR) is 72.5 cm³/mol. The molecule has 0 spiro atoms. The summed E-state index contributed by atoms with van der Waals surface area (Å²) in [6, 6.07) is 16.1. The second-order valence-corrected chi connectivity index (χ2v) is 4.68. The average molecular weight is 256 g/mol. The van der Waals surface area contributed by atoms with E-state index in [-0.39, 0.29) is 19.3 Å². The molecule has 19 heavy (non-hydrogen) atoms. The zero-order valence-electron chi connectivity index (χ0n) is 10.6. The molecule has 98 valence electrons. The summed E-state index contributed by atoms with van der Waals surface area (Å²) in [5.41, 5.74) is 2.30. The summed E-state index contributed by atoms with van der Waals surface area (Å²) in [7, 11) is 0. The van der Waals surface area contributed by atoms with Gasteiger partial charge in [-0.1, -0.05) is 36.4 Å². The van der Waals surface area contributed by atoms with E-state index in [1.165, 1.54) is 5.56 Å². The SMILES string of the molecule is OCC(Cc1ccccc1)c1ccc2c(c1)OCO2. The van der Waals surface area contributed by atoms with Crippen LogP contribution in [0.5, 0.6) is 11.5 Å². The van der Waals surface area contributed by atoms with Gasteiger partial charge in [-0.25, -0.2) is 0 Å². The molecule has 0 saturated carbocycles. The molecule has 0 fully saturated rings. The third-order valence-electron chi connectivity index (χ3n) is 3.41. The van der Waals surface area contributed by atoms with Gasteiger partial charge in [-0.15, -0.1) is 0 Å². The third-order valence-corrected chi connectivity index (χ3v) is 3.41. The van der Waals surface area contributed by atoms with Crippen molar-refractivity contribution in [3.05, 3.63) is 59.7 Å². The Bertz CT molecular complexity index is 551. The van der Waals surface area contributed by atoms with Gasteiger partial charge in [-0.05, 0) is 29.7 Å². The lowest BCUT2D eigenvalue weighted by Gasteiger charge is -2.15. The van der Waals surface area contributed by atoms with Crippen LogP contribution in [0.25, 0.3) is 0 Å². The normalized spacial score (nSPS) is 14.4. The fourth-order valence-electron chi connectivity index (χ4n) is 2.35. The first-order chi connectivity index (χ1) is 9.36. The molecule has 0 amide bonds. The Morgan fingerprint density at radius 3 is 2.58 bits per heavy atom. The lowest BCUT2D eigenvalue weighted by atomic mass is 9.92. The fraction of sp³-hybridized carbons (Fsp3) is 0.250. The molecule has 3 nitrogen and oxygen atoms in total. The third kappa shape index (κ3) is 2.56. The highest BCUT2D eigenvalue weighted by atomic mass is 16.7. The van der Waals surface area contributed by atoms with Gasteiger partial charge in [0, 0.05) is 5.92 Å². The number of hydrogen-bond acceptors (Lipinski definition) is 3. The molecule has 3 heteroatoms. The molecule has 0 bridgehead atoms. The standard InChI is InChI=1S/C16H16O3/c17-10-14(8-12-4-2-1-3-5-12)13-6-7-15-16(9-13)19-11-18-15/h1-7,9,14,17H,8,10-11H2. The first-order valence-corrected chi connectivity index (χ1v) is 6.41. The van der Waals surface area contributed by atoms with Crippen LogP contribution in [0.15, 0.2) is 48.5 Å². The number of rotatable bonds is 4. The molecular formula is C16H16O3. The molecule has 2 aromatic carbocycles. The van der Waals surface area contributed by atoms with Gasteiger partial charge in [-0.2, -0.15) is 0 Å². The van der Waals surface area contributed by atoms with Crippen molar-refractivity contribution in [3.63, 3.8) is 0 Å². The van der Waals surface area contributed by atoms with Crippen LogP contribution in [0.2, 0.25) is 0 Å². The Kier molecular flexibility index (Phi) is 3.38. The maximum absolute atomic E-state index is 9.62. The minimum atomic E-state index is 0.0805. The number of hydrogen-bond donors (Lipinski definition) is 1. The Morgan fingerprint density at radius 2 is 1.79 bits per heavy atom. The maximum atomic E-state index is 9.62. The van der Waals surface area contributed by atoms with Crippen molar-refractivity contribution in [2.24, 2.45) is 0 Å². The molecule has 3 rings (SSSR count). The maximum Gasteiger partial charge on any atom is 0.231 e. The van der Waals surface area contributed by atoms with E-state index >= 15 is 0 Å². The zero-order valence-corrected chi connectivity index (χ0v) is 10.6. The van der Waals surface area contributed by atoms with Crippen LogP contribution in [-0.2, 0) is 6.42 Å². The van der Waals surface area contributed by atoms with Crippen LogP contribution in [0, 0.1) is 0 Å². The molecular weight excluding hydrogens is 240 g/mol. The topological polar surface area (TPSA) is 38.7 Å². The first kappa shape index (κ1) is 12.1. The van der Waals surface area contributed by atoms with Crippen molar-refractivity contribution >= 4 is 0 Å². The molecule has 0 aromatic heterocycles. The number of benzene rings is 2.